The molecular formula is C34H35N9O4. The van der Waals surface area contributed by atoms with Gasteiger partial charge < -0.3 is 29.2 Å². The van der Waals surface area contributed by atoms with Gasteiger partial charge in [-0.2, -0.15) is 10.1 Å². The highest BCUT2D eigenvalue weighted by molar-refractivity contribution is 5.96. The van der Waals surface area contributed by atoms with Gasteiger partial charge in [-0.25, -0.2) is 19.6 Å². The number of nitrogens with zero attached hydrogens (tertiary/aromatic N) is 8. The maximum absolute atomic E-state index is 8.40. The van der Waals surface area contributed by atoms with Crippen molar-refractivity contribution >= 4 is 39.3 Å². The summed E-state index contributed by atoms with van der Waals surface area (Å²) in [6, 6.07) is 11.1. The Balaban J connectivity index is 1.37. The second kappa shape index (κ2) is 13.0. The number of anilines is 3. The lowest BCUT2D eigenvalue weighted by Gasteiger charge is -2.23. The van der Waals surface area contributed by atoms with E-state index in [0.29, 0.717) is 47.1 Å². The third-order valence-electron chi connectivity index (χ3n) is 8.08. The number of benzene rings is 2. The molecule has 6 aromatic rings. The highest BCUT2D eigenvalue weighted by Gasteiger charge is 2.23. The van der Waals surface area contributed by atoms with E-state index in [0.717, 1.165) is 46.2 Å². The van der Waals surface area contributed by atoms with E-state index < -0.39 is 6.98 Å². The Kier molecular flexibility index (Phi) is 7.39. The second-order valence-electron chi connectivity index (χ2n) is 11.0. The summed E-state index contributed by atoms with van der Waals surface area (Å²) in [6.45, 7) is 0.247. The molecule has 0 bridgehead atoms. The van der Waals surface area contributed by atoms with Crippen molar-refractivity contribution in [3.63, 3.8) is 0 Å². The van der Waals surface area contributed by atoms with E-state index in [1.807, 2.05) is 35.9 Å². The van der Waals surface area contributed by atoms with Crippen LogP contribution in [0.25, 0.3) is 21.8 Å². The lowest BCUT2D eigenvalue weighted by atomic mass is 10.1. The van der Waals surface area contributed by atoms with Gasteiger partial charge in [-0.15, -0.1) is 0 Å². The molecule has 13 nitrogen and oxygen atoms in total. The van der Waals surface area contributed by atoms with Crippen molar-refractivity contribution in [2.75, 3.05) is 38.0 Å². The van der Waals surface area contributed by atoms with Crippen molar-refractivity contribution in [3.05, 3.63) is 78.6 Å². The van der Waals surface area contributed by atoms with Crippen LogP contribution in [0.4, 0.5) is 17.5 Å². The predicted octanol–water partition coefficient (Wildman–Crippen LogP) is 6.36. The van der Waals surface area contributed by atoms with Gasteiger partial charge in [0.05, 0.1) is 43.0 Å². The molecule has 47 heavy (non-hydrogen) atoms. The van der Waals surface area contributed by atoms with Gasteiger partial charge in [-0.05, 0) is 49.9 Å². The number of nitrogens with one attached hydrogen (secondary N) is 1. The zero-order valence-electron chi connectivity index (χ0n) is 29.2. The number of fused-ring (bicyclic) bond motifs is 2. The third kappa shape index (κ3) is 5.92. The molecule has 1 aliphatic rings. The molecular weight excluding hydrogens is 598 g/mol. The average molecular weight is 637 g/mol. The van der Waals surface area contributed by atoms with Crippen LogP contribution in [-0.2, 0) is 11.3 Å². The fraction of sp³-hybridized carbons (Fsp3) is 0.294. The minimum absolute atomic E-state index is 0.0330. The number of hydrogen-bond acceptors (Lipinski definition) is 12. The van der Waals surface area contributed by atoms with Crippen molar-refractivity contribution in [2.24, 2.45) is 0 Å². The molecule has 0 amide bonds. The van der Waals surface area contributed by atoms with Crippen LogP contribution >= 0.6 is 0 Å². The van der Waals surface area contributed by atoms with Gasteiger partial charge >= 0.3 is 0 Å². The van der Waals surface area contributed by atoms with Crippen LogP contribution in [0.15, 0.2) is 67.5 Å². The van der Waals surface area contributed by atoms with E-state index >= 15 is 0 Å². The van der Waals surface area contributed by atoms with E-state index in [1.54, 1.807) is 32.5 Å². The first-order valence-corrected chi connectivity index (χ1v) is 15.2. The SMILES string of the molecule is [2H]C([2H])([2H])N(c1cnccn1)c1cc2ncnc(NCc3ccc(OC)cc3OC)c2c(Oc2c(C)ccc3c2cnn3C2CCCCO2)n1. The van der Waals surface area contributed by atoms with Gasteiger partial charge in [0.15, 0.2) is 12.0 Å². The molecule has 1 atom stereocenters. The third-order valence-corrected chi connectivity index (χ3v) is 8.08. The van der Waals surface area contributed by atoms with Crippen LogP contribution < -0.4 is 24.4 Å². The lowest BCUT2D eigenvalue weighted by molar-refractivity contribution is -0.0366. The smallest absolute Gasteiger partial charge is 0.234 e. The largest absolute Gasteiger partial charge is 0.497 e. The van der Waals surface area contributed by atoms with Crippen LogP contribution in [-0.4, -0.2) is 62.5 Å². The number of hydrogen-bond donors (Lipinski definition) is 1. The van der Waals surface area contributed by atoms with Crippen LogP contribution in [0, 0.1) is 6.92 Å². The first-order valence-electron chi connectivity index (χ1n) is 16.7. The standard InChI is InChI=1S/C34H35N9O4/c1-21-8-11-26-24(18-40-43(26)30-7-5-6-14-46-30)32(21)47-34-31-25(16-28(41-34)42(2)29-19-35-12-13-36-29)38-20-39-33(31)37-17-22-9-10-23(44-3)15-27(22)45-4/h8-13,15-16,18-20,30H,5-7,14,17H2,1-4H3,(H,37,38,39)/i2D3. The monoisotopic (exact) mass is 636 g/mol. The molecule has 240 valence electrons. The molecule has 0 saturated carbocycles. The molecule has 2 aromatic carbocycles. The number of rotatable bonds is 10. The number of aryl methyl sites for hydroxylation is 1. The minimum Gasteiger partial charge on any atom is -0.497 e. The molecule has 5 heterocycles. The van der Waals surface area contributed by atoms with Crippen LogP contribution in [0.3, 0.4) is 0 Å². The van der Waals surface area contributed by atoms with Crippen molar-refractivity contribution < 1.29 is 23.1 Å². The molecule has 4 aromatic heterocycles. The minimum atomic E-state index is -2.68. The second-order valence-corrected chi connectivity index (χ2v) is 11.0. The maximum Gasteiger partial charge on any atom is 0.234 e. The normalized spacial score (nSPS) is 15.9. The van der Waals surface area contributed by atoms with Crippen molar-refractivity contribution in [3.8, 4) is 23.1 Å². The van der Waals surface area contributed by atoms with Crippen molar-refractivity contribution in [2.45, 2.75) is 39.0 Å². The van der Waals surface area contributed by atoms with Gasteiger partial charge in [-0.3, -0.25) is 4.98 Å². The van der Waals surface area contributed by atoms with Gasteiger partial charge in [-0.1, -0.05) is 6.07 Å². The summed E-state index contributed by atoms with van der Waals surface area (Å²) in [7, 11) is 3.19. The Hall–Kier alpha value is -5.56. The van der Waals surface area contributed by atoms with E-state index in [4.69, 9.17) is 28.0 Å². The molecule has 13 heteroatoms. The first-order chi connectivity index (χ1) is 24.2. The number of methoxy groups -OCH3 is 2. The fourth-order valence-electron chi connectivity index (χ4n) is 5.64. The summed E-state index contributed by atoms with van der Waals surface area (Å²) in [5, 5.41) is 9.25. The molecule has 1 saturated heterocycles. The van der Waals surface area contributed by atoms with Gasteiger partial charge in [0.1, 0.15) is 40.6 Å². The Morgan fingerprint density at radius 1 is 1.04 bits per heavy atom. The van der Waals surface area contributed by atoms with Crippen LogP contribution in [0.2, 0.25) is 0 Å². The quantitative estimate of drug-likeness (QED) is 0.179. The van der Waals surface area contributed by atoms with Gasteiger partial charge in [0, 0.05) is 54.3 Å². The topological polar surface area (TPSA) is 134 Å². The summed E-state index contributed by atoms with van der Waals surface area (Å²) in [4.78, 5) is 23.3. The average Bonchev–Trinajstić information content (AvgIpc) is 3.56. The predicted molar refractivity (Wildman–Crippen MR) is 178 cm³/mol. The summed E-state index contributed by atoms with van der Waals surface area (Å²) >= 11 is 0. The summed E-state index contributed by atoms with van der Waals surface area (Å²) < 4.78 is 50.8. The molecule has 0 radical (unpaired) electrons. The molecule has 1 fully saturated rings. The number of pyridine rings is 1. The zero-order valence-corrected chi connectivity index (χ0v) is 26.2. The van der Waals surface area contributed by atoms with E-state index in [9.17, 15) is 0 Å². The van der Waals surface area contributed by atoms with Crippen LogP contribution in [0.5, 0.6) is 23.1 Å². The summed E-state index contributed by atoms with van der Waals surface area (Å²) in [5.74, 6) is 2.40. The molecule has 0 aliphatic carbocycles. The Morgan fingerprint density at radius 2 is 1.98 bits per heavy atom. The highest BCUT2D eigenvalue weighted by Crippen LogP contribution is 2.40. The van der Waals surface area contributed by atoms with E-state index in [1.165, 1.54) is 24.9 Å². The molecule has 1 aliphatic heterocycles. The van der Waals surface area contributed by atoms with Crippen molar-refractivity contribution in [1.82, 2.24) is 34.7 Å². The number of ether oxygens (including phenoxy) is 4. The van der Waals surface area contributed by atoms with E-state index in [-0.39, 0.29) is 23.7 Å². The van der Waals surface area contributed by atoms with Gasteiger partial charge in [0.25, 0.3) is 0 Å². The molecule has 1 unspecified atom stereocenters. The Labute approximate surface area is 275 Å². The fourth-order valence-corrected chi connectivity index (χ4v) is 5.64. The lowest BCUT2D eigenvalue weighted by Crippen LogP contribution is -2.18. The summed E-state index contributed by atoms with van der Waals surface area (Å²) in [5.41, 5.74) is 2.89. The zero-order chi connectivity index (χ0) is 34.8. The molecule has 0 spiro atoms. The van der Waals surface area contributed by atoms with Crippen LogP contribution in [0.1, 0.15) is 40.7 Å². The number of aromatic nitrogens is 7. The van der Waals surface area contributed by atoms with Crippen molar-refractivity contribution in [1.29, 1.82) is 0 Å². The summed E-state index contributed by atoms with van der Waals surface area (Å²) in [6.07, 6.45) is 10.1. The Bertz CT molecular complexity index is 2140. The Morgan fingerprint density at radius 3 is 2.77 bits per heavy atom. The van der Waals surface area contributed by atoms with Gasteiger partial charge in [0.2, 0.25) is 5.88 Å². The molecule has 7 rings (SSSR count). The van der Waals surface area contributed by atoms with E-state index in [2.05, 4.69) is 30.4 Å². The highest BCUT2D eigenvalue weighted by atomic mass is 16.5. The first kappa shape index (κ1) is 26.6. The molecule has 1 N–H and O–H groups in total. The maximum atomic E-state index is 8.40.